The summed E-state index contributed by atoms with van der Waals surface area (Å²) >= 11 is 0. The van der Waals surface area contributed by atoms with Crippen LogP contribution in [0.1, 0.15) is 42.4 Å². The second-order valence-corrected chi connectivity index (χ2v) is 7.00. The smallest absolute Gasteiger partial charge is 0.381 e. The van der Waals surface area contributed by atoms with E-state index in [0.717, 1.165) is 56.1 Å². The van der Waals surface area contributed by atoms with Crippen molar-refractivity contribution in [2.75, 3.05) is 26.3 Å². The zero-order valence-corrected chi connectivity index (χ0v) is 14.1. The van der Waals surface area contributed by atoms with Crippen molar-refractivity contribution in [2.24, 2.45) is 5.92 Å². The lowest BCUT2D eigenvalue weighted by Gasteiger charge is -2.25. The molecule has 0 bridgehead atoms. The Labute approximate surface area is 143 Å². The number of hydrogen-bond acceptors (Lipinski definition) is 4. The molecule has 8 heteroatoms. The third-order valence-corrected chi connectivity index (χ3v) is 5.09. The molecule has 0 radical (unpaired) electrons. The van der Waals surface area contributed by atoms with Crippen molar-refractivity contribution in [3.05, 3.63) is 29.2 Å². The lowest BCUT2D eigenvalue weighted by Crippen LogP contribution is -2.29. The molecule has 4 heterocycles. The third kappa shape index (κ3) is 3.25. The summed E-state index contributed by atoms with van der Waals surface area (Å²) in [4.78, 5) is 6.57. The van der Waals surface area contributed by atoms with Crippen molar-refractivity contribution in [2.45, 2.75) is 38.4 Å². The average molecular weight is 354 g/mol. The van der Waals surface area contributed by atoms with Gasteiger partial charge in [0.05, 0.1) is 18.3 Å². The van der Waals surface area contributed by atoms with E-state index in [-0.39, 0.29) is 11.7 Å². The molecule has 2 saturated heterocycles. The molecule has 4 rings (SSSR count). The van der Waals surface area contributed by atoms with Gasteiger partial charge in [0, 0.05) is 24.9 Å². The fraction of sp³-hybridized carbons (Fsp3) is 0.647. The van der Waals surface area contributed by atoms with Crippen LogP contribution in [-0.4, -0.2) is 45.8 Å². The predicted molar refractivity (Wildman–Crippen MR) is 85.2 cm³/mol. The van der Waals surface area contributed by atoms with Crippen molar-refractivity contribution in [3.8, 4) is 0 Å². The quantitative estimate of drug-likeness (QED) is 0.849. The second kappa shape index (κ2) is 6.25. The molecule has 0 amide bonds. The fourth-order valence-electron chi connectivity index (χ4n) is 3.92. The molecule has 0 aromatic carbocycles. The van der Waals surface area contributed by atoms with Crippen LogP contribution in [0.4, 0.5) is 13.2 Å². The van der Waals surface area contributed by atoms with Crippen LogP contribution in [0.5, 0.6) is 0 Å². The van der Waals surface area contributed by atoms with Gasteiger partial charge in [0.25, 0.3) is 0 Å². The predicted octanol–water partition coefficient (Wildman–Crippen LogP) is 3.23. The number of ether oxygens (including phenoxy) is 1. The van der Waals surface area contributed by atoms with Gasteiger partial charge >= 0.3 is 6.18 Å². The monoisotopic (exact) mass is 354 g/mol. The van der Waals surface area contributed by atoms with E-state index in [9.17, 15) is 13.2 Å². The molecule has 25 heavy (non-hydrogen) atoms. The summed E-state index contributed by atoms with van der Waals surface area (Å²) in [7, 11) is 0. The minimum atomic E-state index is -4.45. The molecule has 2 aliphatic rings. The van der Waals surface area contributed by atoms with Crippen LogP contribution in [-0.2, 0) is 10.9 Å². The summed E-state index contributed by atoms with van der Waals surface area (Å²) < 4.78 is 46.3. The Morgan fingerprint density at radius 3 is 2.84 bits per heavy atom. The number of nitrogens with zero attached hydrogens (tertiary/aromatic N) is 4. The molecular formula is C17H21F3N4O. The van der Waals surface area contributed by atoms with E-state index in [0.29, 0.717) is 17.3 Å². The van der Waals surface area contributed by atoms with E-state index in [1.165, 1.54) is 0 Å². The van der Waals surface area contributed by atoms with Crippen LogP contribution in [0.2, 0.25) is 0 Å². The maximum atomic E-state index is 13.3. The summed E-state index contributed by atoms with van der Waals surface area (Å²) in [6, 6.07) is 2.81. The number of fused-ring (bicyclic) bond motifs is 1. The summed E-state index contributed by atoms with van der Waals surface area (Å²) in [6.45, 7) is 5.01. The Balaban J connectivity index is 1.66. The number of likely N-dealkylation sites (tertiary alicyclic amines) is 1. The Bertz CT molecular complexity index is 767. The maximum absolute atomic E-state index is 13.3. The summed E-state index contributed by atoms with van der Waals surface area (Å²) in [5, 5.41) is 4.29. The largest absolute Gasteiger partial charge is 0.433 e. The number of hydrogen-bond donors (Lipinski definition) is 0. The van der Waals surface area contributed by atoms with Crippen LogP contribution in [0.15, 0.2) is 12.1 Å². The minimum Gasteiger partial charge on any atom is -0.381 e. The van der Waals surface area contributed by atoms with Gasteiger partial charge < -0.3 is 4.74 Å². The van der Waals surface area contributed by atoms with E-state index in [1.54, 1.807) is 13.0 Å². The fourth-order valence-corrected chi connectivity index (χ4v) is 3.92. The zero-order valence-electron chi connectivity index (χ0n) is 14.1. The summed E-state index contributed by atoms with van der Waals surface area (Å²) in [5.74, 6) is 0.503. The number of rotatable bonds is 3. The molecule has 0 unspecified atom stereocenters. The van der Waals surface area contributed by atoms with Gasteiger partial charge in [-0.15, -0.1) is 0 Å². The maximum Gasteiger partial charge on any atom is 0.433 e. The molecule has 136 valence electrons. The van der Waals surface area contributed by atoms with E-state index >= 15 is 0 Å². The first-order chi connectivity index (χ1) is 11.9. The van der Waals surface area contributed by atoms with Gasteiger partial charge in [0.15, 0.2) is 5.65 Å². The van der Waals surface area contributed by atoms with Crippen LogP contribution in [0.25, 0.3) is 5.65 Å². The van der Waals surface area contributed by atoms with Gasteiger partial charge in [-0.1, -0.05) is 0 Å². The molecule has 0 aliphatic carbocycles. The van der Waals surface area contributed by atoms with Gasteiger partial charge in [-0.2, -0.15) is 18.3 Å². The highest BCUT2D eigenvalue weighted by atomic mass is 19.4. The summed E-state index contributed by atoms with van der Waals surface area (Å²) in [6.07, 6.45) is -1.46. The van der Waals surface area contributed by atoms with Crippen molar-refractivity contribution in [3.63, 3.8) is 0 Å². The minimum absolute atomic E-state index is 0.0590. The van der Waals surface area contributed by atoms with Crippen LogP contribution in [0.3, 0.4) is 0 Å². The van der Waals surface area contributed by atoms with Gasteiger partial charge in [-0.3, -0.25) is 4.90 Å². The normalized spacial score (nSPS) is 25.3. The number of aromatic nitrogens is 3. The molecule has 2 fully saturated rings. The van der Waals surface area contributed by atoms with Crippen molar-refractivity contribution in [1.82, 2.24) is 19.5 Å². The van der Waals surface area contributed by atoms with Crippen molar-refractivity contribution >= 4 is 5.65 Å². The average Bonchev–Trinajstić information content (AvgIpc) is 3.25. The first-order valence-electron chi connectivity index (χ1n) is 8.68. The molecule has 0 spiro atoms. The number of alkyl halides is 3. The highest BCUT2D eigenvalue weighted by molar-refractivity contribution is 5.43. The SMILES string of the molecule is Cc1cc(C(F)(F)F)n2nc([C@H]3CCCN3C[C@@H]3CCOC3)cc2n1. The van der Waals surface area contributed by atoms with Gasteiger partial charge in [-0.05, 0) is 44.7 Å². The third-order valence-electron chi connectivity index (χ3n) is 5.09. The Morgan fingerprint density at radius 2 is 2.12 bits per heavy atom. The molecule has 2 aromatic heterocycles. The molecule has 2 atom stereocenters. The number of aryl methyl sites for hydroxylation is 1. The first kappa shape index (κ1) is 16.8. The van der Waals surface area contributed by atoms with E-state index in [4.69, 9.17) is 4.74 Å². The van der Waals surface area contributed by atoms with Crippen molar-refractivity contribution < 1.29 is 17.9 Å². The lowest BCUT2D eigenvalue weighted by atomic mass is 10.1. The summed E-state index contributed by atoms with van der Waals surface area (Å²) in [5.41, 5.74) is 0.519. The Kier molecular flexibility index (Phi) is 4.19. The molecular weight excluding hydrogens is 333 g/mol. The van der Waals surface area contributed by atoms with Gasteiger partial charge in [0.1, 0.15) is 5.69 Å². The molecule has 0 saturated carbocycles. The van der Waals surface area contributed by atoms with Gasteiger partial charge in [-0.25, -0.2) is 9.50 Å². The highest BCUT2D eigenvalue weighted by Gasteiger charge is 2.36. The van der Waals surface area contributed by atoms with Gasteiger partial charge in [0.2, 0.25) is 0 Å². The van der Waals surface area contributed by atoms with E-state index in [1.807, 2.05) is 0 Å². The van der Waals surface area contributed by atoms with Crippen LogP contribution < -0.4 is 0 Å². The topological polar surface area (TPSA) is 42.7 Å². The molecule has 5 nitrogen and oxygen atoms in total. The lowest BCUT2D eigenvalue weighted by molar-refractivity contribution is -0.142. The Hall–Kier alpha value is -1.67. The van der Waals surface area contributed by atoms with E-state index < -0.39 is 11.9 Å². The second-order valence-electron chi connectivity index (χ2n) is 7.00. The zero-order chi connectivity index (χ0) is 17.6. The number of halogens is 3. The van der Waals surface area contributed by atoms with Crippen LogP contribution >= 0.6 is 0 Å². The standard InChI is InChI=1S/C17H21F3N4O/c1-11-7-15(17(18,19)20)24-16(21-11)8-13(22-24)14-3-2-5-23(14)9-12-4-6-25-10-12/h7-8,12,14H,2-6,9-10H2,1H3/t12-,14+/m0/s1. The van der Waals surface area contributed by atoms with Crippen molar-refractivity contribution in [1.29, 1.82) is 0 Å². The highest BCUT2D eigenvalue weighted by Crippen LogP contribution is 2.35. The molecule has 2 aromatic rings. The first-order valence-corrected chi connectivity index (χ1v) is 8.68. The molecule has 0 N–H and O–H groups in total. The van der Waals surface area contributed by atoms with Crippen LogP contribution in [0, 0.1) is 12.8 Å². The Morgan fingerprint density at radius 1 is 1.28 bits per heavy atom. The molecule has 2 aliphatic heterocycles. The van der Waals surface area contributed by atoms with E-state index in [2.05, 4.69) is 15.0 Å².